The Morgan fingerprint density at radius 1 is 1.27 bits per heavy atom. The first-order valence-corrected chi connectivity index (χ1v) is 8.04. The molecule has 5 heteroatoms. The highest BCUT2D eigenvalue weighted by molar-refractivity contribution is 5.85. The molecule has 0 radical (unpaired) electrons. The van der Waals surface area contributed by atoms with Gasteiger partial charge in [-0.15, -0.1) is 12.4 Å². The molecular weight excluding hydrogens is 298 g/mol. The molecule has 124 valence electrons. The summed E-state index contributed by atoms with van der Waals surface area (Å²) >= 11 is 0. The quantitative estimate of drug-likeness (QED) is 0.806. The van der Waals surface area contributed by atoms with E-state index in [1.54, 1.807) is 0 Å². The Kier molecular flexibility index (Phi) is 9.13. The van der Waals surface area contributed by atoms with Gasteiger partial charge >= 0.3 is 0 Å². The molecule has 1 aromatic carbocycles. The Hall–Kier alpha value is -1.10. The first-order valence-electron chi connectivity index (χ1n) is 8.04. The molecule has 1 heterocycles. The number of hydrogen-bond donors (Lipinski definition) is 2. The zero-order valence-electron chi connectivity index (χ0n) is 13.4. The summed E-state index contributed by atoms with van der Waals surface area (Å²) in [4.78, 5) is 14.5. The molecule has 0 aromatic heterocycles. The second-order valence-corrected chi connectivity index (χ2v) is 5.66. The van der Waals surface area contributed by atoms with Crippen molar-refractivity contribution in [2.24, 2.45) is 0 Å². The predicted octanol–water partition coefficient (Wildman–Crippen LogP) is 2.01. The lowest BCUT2D eigenvalue weighted by Gasteiger charge is -2.27. The summed E-state index contributed by atoms with van der Waals surface area (Å²) in [7, 11) is 0. The third-order valence-electron chi connectivity index (χ3n) is 4.16. The van der Waals surface area contributed by atoms with Crippen LogP contribution in [-0.4, -0.2) is 50.1 Å². The Labute approximate surface area is 140 Å². The molecule has 2 rings (SSSR count). The molecule has 2 N–H and O–H groups in total. The molecule has 22 heavy (non-hydrogen) atoms. The van der Waals surface area contributed by atoms with Crippen LogP contribution in [0.1, 0.15) is 31.2 Å². The van der Waals surface area contributed by atoms with E-state index in [1.165, 1.54) is 5.56 Å². The van der Waals surface area contributed by atoms with Crippen LogP contribution in [-0.2, 0) is 4.79 Å². The van der Waals surface area contributed by atoms with Crippen molar-refractivity contribution < 1.29 is 4.79 Å². The Morgan fingerprint density at radius 2 is 1.95 bits per heavy atom. The van der Waals surface area contributed by atoms with Crippen molar-refractivity contribution in [1.82, 2.24) is 15.5 Å². The summed E-state index contributed by atoms with van der Waals surface area (Å²) in [5.41, 5.74) is 1.26. The van der Waals surface area contributed by atoms with E-state index in [9.17, 15) is 4.79 Å². The number of rotatable bonds is 7. The van der Waals surface area contributed by atoms with Crippen LogP contribution >= 0.6 is 12.4 Å². The minimum absolute atomic E-state index is 0. The molecule has 1 aliphatic rings. The number of nitrogens with one attached hydrogen (secondary N) is 2. The zero-order chi connectivity index (χ0) is 14.9. The number of amides is 1. The van der Waals surface area contributed by atoms with Gasteiger partial charge in [-0.2, -0.15) is 0 Å². The van der Waals surface area contributed by atoms with E-state index in [0.717, 1.165) is 45.7 Å². The minimum Gasteiger partial charge on any atom is -0.355 e. The van der Waals surface area contributed by atoms with Crippen molar-refractivity contribution in [3.8, 4) is 0 Å². The lowest BCUT2D eigenvalue weighted by Crippen LogP contribution is -2.46. The average molecular weight is 326 g/mol. The lowest BCUT2D eigenvalue weighted by atomic mass is 9.93. The molecule has 0 aliphatic carbocycles. The Bertz CT molecular complexity index is 421. The third-order valence-corrected chi connectivity index (χ3v) is 4.16. The number of benzene rings is 1. The fraction of sp³-hybridized carbons (Fsp3) is 0.588. The monoisotopic (exact) mass is 325 g/mol. The highest BCUT2D eigenvalue weighted by Gasteiger charge is 2.14. The van der Waals surface area contributed by atoms with E-state index < -0.39 is 0 Å². The molecule has 1 saturated heterocycles. The number of halogens is 1. The Balaban J connectivity index is 0.00000242. The fourth-order valence-electron chi connectivity index (χ4n) is 2.81. The van der Waals surface area contributed by atoms with Crippen molar-refractivity contribution in [1.29, 1.82) is 0 Å². The lowest BCUT2D eigenvalue weighted by molar-refractivity contribution is -0.121. The van der Waals surface area contributed by atoms with Crippen molar-refractivity contribution in [2.45, 2.75) is 25.7 Å². The maximum absolute atomic E-state index is 12.1. The van der Waals surface area contributed by atoms with E-state index >= 15 is 0 Å². The molecule has 0 spiro atoms. The van der Waals surface area contributed by atoms with Gasteiger partial charge in [0.1, 0.15) is 0 Å². The fourth-order valence-corrected chi connectivity index (χ4v) is 2.81. The van der Waals surface area contributed by atoms with Gasteiger partial charge < -0.3 is 10.6 Å². The first kappa shape index (κ1) is 18.9. The topological polar surface area (TPSA) is 44.4 Å². The van der Waals surface area contributed by atoms with Crippen molar-refractivity contribution >= 4 is 18.3 Å². The van der Waals surface area contributed by atoms with E-state index in [1.807, 2.05) is 18.2 Å². The van der Waals surface area contributed by atoms with Gasteiger partial charge in [-0.05, 0) is 17.9 Å². The van der Waals surface area contributed by atoms with Crippen LogP contribution in [0.25, 0.3) is 0 Å². The summed E-state index contributed by atoms with van der Waals surface area (Å²) in [6.45, 7) is 8.12. The molecule has 1 aromatic rings. The Morgan fingerprint density at radius 3 is 2.59 bits per heavy atom. The number of piperazine rings is 1. The maximum atomic E-state index is 12.1. The molecule has 1 atom stereocenters. The van der Waals surface area contributed by atoms with Crippen LogP contribution in [0, 0.1) is 0 Å². The van der Waals surface area contributed by atoms with E-state index in [-0.39, 0.29) is 18.3 Å². The number of carbonyl (C=O) groups excluding carboxylic acids is 1. The largest absolute Gasteiger partial charge is 0.355 e. The SMILES string of the molecule is CCC(CC(=O)NCCN1CCNCC1)c1ccccc1.Cl. The van der Waals surface area contributed by atoms with E-state index in [2.05, 4.69) is 34.6 Å². The molecule has 1 aliphatic heterocycles. The highest BCUT2D eigenvalue weighted by atomic mass is 35.5. The van der Waals surface area contributed by atoms with Gasteiger partial charge in [-0.1, -0.05) is 37.3 Å². The summed E-state index contributed by atoms with van der Waals surface area (Å²) in [6, 6.07) is 10.3. The van der Waals surface area contributed by atoms with E-state index in [4.69, 9.17) is 0 Å². The van der Waals surface area contributed by atoms with Gasteiger partial charge in [-0.25, -0.2) is 0 Å². The summed E-state index contributed by atoms with van der Waals surface area (Å²) < 4.78 is 0. The summed E-state index contributed by atoms with van der Waals surface area (Å²) in [5.74, 6) is 0.492. The smallest absolute Gasteiger partial charge is 0.220 e. The number of hydrogen-bond acceptors (Lipinski definition) is 3. The summed E-state index contributed by atoms with van der Waals surface area (Å²) in [6.07, 6.45) is 1.58. The second-order valence-electron chi connectivity index (χ2n) is 5.66. The highest BCUT2D eigenvalue weighted by Crippen LogP contribution is 2.22. The minimum atomic E-state index is 0. The van der Waals surface area contributed by atoms with Crippen molar-refractivity contribution in [3.63, 3.8) is 0 Å². The normalized spacial score (nSPS) is 16.6. The van der Waals surface area contributed by atoms with Gasteiger partial charge in [0.25, 0.3) is 0 Å². The standard InChI is InChI=1S/C17H27N3O.ClH/c1-2-15(16-6-4-3-5-7-16)14-17(21)19-10-13-20-11-8-18-9-12-20;/h3-7,15,18H,2,8-14H2,1H3,(H,19,21);1H. The van der Waals surface area contributed by atoms with Crippen LogP contribution in [0.15, 0.2) is 30.3 Å². The third kappa shape index (κ3) is 6.34. The molecule has 1 amide bonds. The van der Waals surface area contributed by atoms with Crippen molar-refractivity contribution in [3.05, 3.63) is 35.9 Å². The van der Waals surface area contributed by atoms with Crippen LogP contribution in [0.5, 0.6) is 0 Å². The molecular formula is C17H28ClN3O. The van der Waals surface area contributed by atoms with Gasteiger partial charge in [0, 0.05) is 45.7 Å². The molecule has 0 saturated carbocycles. The summed E-state index contributed by atoms with van der Waals surface area (Å²) in [5, 5.41) is 6.40. The van der Waals surface area contributed by atoms with E-state index in [0.29, 0.717) is 12.3 Å². The molecule has 1 fully saturated rings. The number of nitrogens with zero attached hydrogens (tertiary/aromatic N) is 1. The zero-order valence-corrected chi connectivity index (χ0v) is 14.2. The number of carbonyl (C=O) groups is 1. The average Bonchev–Trinajstić information content (AvgIpc) is 2.54. The van der Waals surface area contributed by atoms with Crippen LogP contribution in [0.4, 0.5) is 0 Å². The van der Waals surface area contributed by atoms with Gasteiger partial charge in [-0.3, -0.25) is 9.69 Å². The van der Waals surface area contributed by atoms with Crippen LogP contribution < -0.4 is 10.6 Å². The molecule has 0 bridgehead atoms. The first-order chi connectivity index (χ1) is 10.3. The molecule has 4 nitrogen and oxygen atoms in total. The maximum Gasteiger partial charge on any atom is 0.220 e. The van der Waals surface area contributed by atoms with Crippen molar-refractivity contribution in [2.75, 3.05) is 39.3 Å². The molecule has 1 unspecified atom stereocenters. The second kappa shape index (κ2) is 10.6. The van der Waals surface area contributed by atoms with Gasteiger partial charge in [0.2, 0.25) is 5.91 Å². The van der Waals surface area contributed by atoms with Crippen LogP contribution in [0.3, 0.4) is 0 Å². The van der Waals surface area contributed by atoms with Crippen LogP contribution in [0.2, 0.25) is 0 Å². The van der Waals surface area contributed by atoms with Gasteiger partial charge in [0.05, 0.1) is 0 Å². The van der Waals surface area contributed by atoms with Gasteiger partial charge in [0.15, 0.2) is 0 Å². The predicted molar refractivity (Wildman–Crippen MR) is 93.7 cm³/mol.